The standard InChI is InChI=1S/C14H15N3S.ClH/c1-15-9-3-5-11-13(7-9)18-14-8-10(16-2)4-6-12(14)17-11;/h3-8,15-17H,1-2H3;1H. The van der Waals surface area contributed by atoms with Crippen molar-refractivity contribution in [3.05, 3.63) is 36.4 Å². The molecule has 5 heteroatoms. The Labute approximate surface area is 123 Å². The molecular weight excluding hydrogens is 278 g/mol. The summed E-state index contributed by atoms with van der Waals surface area (Å²) in [6.45, 7) is 0. The number of hydrogen-bond acceptors (Lipinski definition) is 4. The van der Waals surface area contributed by atoms with Crippen LogP contribution in [-0.2, 0) is 0 Å². The van der Waals surface area contributed by atoms with E-state index in [1.54, 1.807) is 11.8 Å². The summed E-state index contributed by atoms with van der Waals surface area (Å²) < 4.78 is 0. The van der Waals surface area contributed by atoms with Crippen LogP contribution in [0.3, 0.4) is 0 Å². The van der Waals surface area contributed by atoms with Crippen LogP contribution in [0.25, 0.3) is 0 Å². The van der Waals surface area contributed by atoms with Crippen LogP contribution in [0.4, 0.5) is 22.7 Å². The van der Waals surface area contributed by atoms with Gasteiger partial charge in [0, 0.05) is 35.3 Å². The second kappa shape index (κ2) is 5.63. The highest BCUT2D eigenvalue weighted by Gasteiger charge is 2.16. The van der Waals surface area contributed by atoms with Gasteiger partial charge in [0.15, 0.2) is 0 Å². The Bertz CT molecular complexity index is 550. The molecule has 3 N–H and O–H groups in total. The summed E-state index contributed by atoms with van der Waals surface area (Å²) in [6.07, 6.45) is 0. The van der Waals surface area contributed by atoms with Crippen molar-refractivity contribution in [2.45, 2.75) is 9.79 Å². The number of nitrogens with one attached hydrogen (secondary N) is 3. The maximum Gasteiger partial charge on any atom is 0.0527 e. The van der Waals surface area contributed by atoms with Crippen LogP contribution >= 0.6 is 24.2 Å². The topological polar surface area (TPSA) is 36.1 Å². The Morgan fingerprint density at radius 2 is 1.32 bits per heavy atom. The SMILES string of the molecule is CNc1ccc2c(c1)Sc1cc(NC)ccc1N2.Cl. The van der Waals surface area contributed by atoms with Gasteiger partial charge in [-0.05, 0) is 36.4 Å². The molecule has 0 unspecified atom stereocenters. The number of fused-ring (bicyclic) bond motifs is 2. The number of halogens is 1. The van der Waals surface area contributed by atoms with Crippen molar-refractivity contribution in [3.63, 3.8) is 0 Å². The molecule has 0 atom stereocenters. The molecule has 100 valence electrons. The third kappa shape index (κ3) is 2.60. The van der Waals surface area contributed by atoms with Crippen molar-refractivity contribution in [2.24, 2.45) is 0 Å². The monoisotopic (exact) mass is 293 g/mol. The summed E-state index contributed by atoms with van der Waals surface area (Å²) in [5, 5.41) is 9.81. The molecule has 1 heterocycles. The normalized spacial score (nSPS) is 11.5. The van der Waals surface area contributed by atoms with E-state index in [0.29, 0.717) is 0 Å². The molecule has 0 spiro atoms. The van der Waals surface area contributed by atoms with E-state index in [9.17, 15) is 0 Å². The van der Waals surface area contributed by atoms with Gasteiger partial charge in [-0.2, -0.15) is 0 Å². The van der Waals surface area contributed by atoms with Crippen molar-refractivity contribution in [1.82, 2.24) is 0 Å². The Morgan fingerprint density at radius 1 is 0.842 bits per heavy atom. The van der Waals surface area contributed by atoms with E-state index in [1.165, 1.54) is 21.2 Å². The van der Waals surface area contributed by atoms with Gasteiger partial charge in [0.05, 0.1) is 11.4 Å². The second-order valence-electron chi connectivity index (χ2n) is 4.15. The first-order chi connectivity index (χ1) is 8.80. The summed E-state index contributed by atoms with van der Waals surface area (Å²) in [5.41, 5.74) is 4.61. The molecule has 0 saturated heterocycles. The van der Waals surface area contributed by atoms with Gasteiger partial charge in [-0.25, -0.2) is 0 Å². The molecule has 3 nitrogen and oxygen atoms in total. The lowest BCUT2D eigenvalue weighted by Crippen LogP contribution is -2.01. The second-order valence-corrected chi connectivity index (χ2v) is 5.23. The third-order valence-corrected chi connectivity index (χ3v) is 4.15. The first-order valence-electron chi connectivity index (χ1n) is 5.88. The molecule has 2 aromatic carbocycles. The van der Waals surface area contributed by atoms with Crippen molar-refractivity contribution < 1.29 is 0 Å². The van der Waals surface area contributed by atoms with E-state index in [0.717, 1.165) is 11.4 Å². The van der Waals surface area contributed by atoms with E-state index in [1.807, 2.05) is 14.1 Å². The lowest BCUT2D eigenvalue weighted by atomic mass is 10.2. The molecule has 3 rings (SSSR count). The molecule has 0 bridgehead atoms. The van der Waals surface area contributed by atoms with Crippen LogP contribution in [-0.4, -0.2) is 14.1 Å². The third-order valence-electron chi connectivity index (χ3n) is 3.03. The molecule has 0 amide bonds. The van der Waals surface area contributed by atoms with E-state index >= 15 is 0 Å². The smallest absolute Gasteiger partial charge is 0.0527 e. The minimum atomic E-state index is 0. The van der Waals surface area contributed by atoms with E-state index in [4.69, 9.17) is 0 Å². The van der Waals surface area contributed by atoms with Crippen molar-refractivity contribution in [1.29, 1.82) is 0 Å². The zero-order valence-corrected chi connectivity index (χ0v) is 12.4. The summed E-state index contributed by atoms with van der Waals surface area (Å²) in [6, 6.07) is 12.7. The number of benzene rings is 2. The van der Waals surface area contributed by atoms with Gasteiger partial charge in [0.2, 0.25) is 0 Å². The van der Waals surface area contributed by atoms with Crippen molar-refractivity contribution in [3.8, 4) is 0 Å². The summed E-state index contributed by atoms with van der Waals surface area (Å²) >= 11 is 1.80. The van der Waals surface area contributed by atoms with Gasteiger partial charge in [-0.1, -0.05) is 11.8 Å². The predicted octanol–water partition coefficient (Wildman–Crippen LogP) is 4.40. The van der Waals surface area contributed by atoms with Gasteiger partial charge < -0.3 is 16.0 Å². The summed E-state index contributed by atoms with van der Waals surface area (Å²) in [7, 11) is 3.88. The lowest BCUT2D eigenvalue weighted by Gasteiger charge is -2.22. The van der Waals surface area contributed by atoms with Crippen LogP contribution in [0.1, 0.15) is 0 Å². The zero-order valence-electron chi connectivity index (χ0n) is 10.8. The first-order valence-corrected chi connectivity index (χ1v) is 6.70. The van der Waals surface area contributed by atoms with Crippen LogP contribution < -0.4 is 16.0 Å². The minimum absolute atomic E-state index is 0. The maximum absolute atomic E-state index is 3.47. The van der Waals surface area contributed by atoms with Crippen LogP contribution in [0.2, 0.25) is 0 Å². The lowest BCUT2D eigenvalue weighted by molar-refractivity contribution is 1.30. The first kappa shape index (κ1) is 13.9. The van der Waals surface area contributed by atoms with Gasteiger partial charge in [0.1, 0.15) is 0 Å². The Hall–Kier alpha value is -1.52. The molecule has 1 aliphatic rings. The summed E-state index contributed by atoms with van der Waals surface area (Å²) in [5.74, 6) is 0. The van der Waals surface area contributed by atoms with Crippen LogP contribution in [0.5, 0.6) is 0 Å². The number of rotatable bonds is 2. The fourth-order valence-corrected chi connectivity index (χ4v) is 3.06. The van der Waals surface area contributed by atoms with Crippen molar-refractivity contribution in [2.75, 3.05) is 30.0 Å². The average molecular weight is 294 g/mol. The Morgan fingerprint density at radius 3 is 1.74 bits per heavy atom. The fraction of sp³-hybridized carbons (Fsp3) is 0.143. The van der Waals surface area contributed by atoms with E-state index in [2.05, 4.69) is 52.3 Å². The van der Waals surface area contributed by atoms with E-state index < -0.39 is 0 Å². The predicted molar refractivity (Wildman–Crippen MR) is 86.6 cm³/mol. The Kier molecular flexibility index (Phi) is 4.12. The molecule has 0 saturated carbocycles. The highest BCUT2D eigenvalue weighted by Crippen LogP contribution is 2.45. The molecule has 2 aromatic rings. The highest BCUT2D eigenvalue weighted by molar-refractivity contribution is 7.99. The van der Waals surface area contributed by atoms with Crippen LogP contribution in [0.15, 0.2) is 46.2 Å². The van der Waals surface area contributed by atoms with Gasteiger partial charge >= 0.3 is 0 Å². The Balaban J connectivity index is 0.00000133. The molecular formula is C14H16ClN3S. The number of anilines is 4. The van der Waals surface area contributed by atoms with Gasteiger partial charge in [0.25, 0.3) is 0 Å². The summed E-state index contributed by atoms with van der Waals surface area (Å²) in [4.78, 5) is 2.50. The number of hydrogen-bond donors (Lipinski definition) is 3. The molecule has 19 heavy (non-hydrogen) atoms. The quantitative estimate of drug-likeness (QED) is 0.654. The van der Waals surface area contributed by atoms with Crippen LogP contribution in [0, 0.1) is 0 Å². The van der Waals surface area contributed by atoms with Gasteiger partial charge in [-0.15, -0.1) is 12.4 Å². The largest absolute Gasteiger partial charge is 0.388 e. The molecule has 0 radical (unpaired) electrons. The minimum Gasteiger partial charge on any atom is -0.388 e. The van der Waals surface area contributed by atoms with Gasteiger partial charge in [-0.3, -0.25) is 0 Å². The zero-order chi connectivity index (χ0) is 12.5. The molecule has 0 fully saturated rings. The highest BCUT2D eigenvalue weighted by atomic mass is 35.5. The molecule has 0 aliphatic carbocycles. The average Bonchev–Trinajstić information content (AvgIpc) is 2.43. The van der Waals surface area contributed by atoms with Crippen molar-refractivity contribution >= 4 is 46.9 Å². The van der Waals surface area contributed by atoms with E-state index in [-0.39, 0.29) is 12.4 Å². The maximum atomic E-state index is 3.47. The molecule has 1 aliphatic heterocycles. The fourth-order valence-electron chi connectivity index (χ4n) is 1.99. The molecule has 0 aromatic heterocycles.